The summed E-state index contributed by atoms with van der Waals surface area (Å²) in [6.07, 6.45) is 2.03. The third-order valence-electron chi connectivity index (χ3n) is 6.43. The van der Waals surface area contributed by atoms with Crippen molar-refractivity contribution in [2.24, 2.45) is 11.8 Å². The summed E-state index contributed by atoms with van der Waals surface area (Å²) in [5.74, 6) is -1.89. The zero-order chi connectivity index (χ0) is 22.9. The molecule has 0 amide bonds. The monoisotopic (exact) mass is 456 g/mol. The molecular formula is C27H24N2O3S. The van der Waals surface area contributed by atoms with Crippen LogP contribution in [0.2, 0.25) is 0 Å². The van der Waals surface area contributed by atoms with Gasteiger partial charge in [0.25, 0.3) is 0 Å². The molecule has 1 fully saturated rings. The zero-order valence-electron chi connectivity index (χ0n) is 18.2. The molecule has 5 nitrogen and oxygen atoms in total. The van der Waals surface area contributed by atoms with Gasteiger partial charge in [-0.15, -0.1) is 0 Å². The lowest BCUT2D eigenvalue weighted by Crippen LogP contribution is -2.25. The molecule has 0 unspecified atom stereocenters. The van der Waals surface area contributed by atoms with Crippen LogP contribution in [-0.2, 0) is 4.79 Å². The predicted molar refractivity (Wildman–Crippen MR) is 132 cm³/mol. The Labute approximate surface area is 196 Å². The molecule has 1 aromatic heterocycles. The first kappa shape index (κ1) is 21.3. The van der Waals surface area contributed by atoms with Gasteiger partial charge in [0.15, 0.2) is 10.9 Å². The smallest absolute Gasteiger partial charge is 0.307 e. The molecule has 1 heterocycles. The number of nitrogens with one attached hydrogen (secondary N) is 1. The maximum atomic E-state index is 12.8. The number of carboxylic acids is 1. The van der Waals surface area contributed by atoms with Crippen molar-refractivity contribution in [1.82, 2.24) is 4.98 Å². The maximum Gasteiger partial charge on any atom is 0.307 e. The number of nitrogens with zero attached hydrogens (tertiary/aromatic N) is 1. The van der Waals surface area contributed by atoms with Crippen LogP contribution in [0.25, 0.3) is 21.3 Å². The Bertz CT molecular complexity index is 1330. The van der Waals surface area contributed by atoms with E-state index in [2.05, 4.69) is 24.4 Å². The average Bonchev–Trinajstić information content (AvgIpc) is 3.47. The second-order valence-corrected chi connectivity index (χ2v) is 9.60. The summed E-state index contributed by atoms with van der Waals surface area (Å²) in [4.78, 5) is 29.0. The van der Waals surface area contributed by atoms with Crippen molar-refractivity contribution in [3.05, 3.63) is 77.9 Å². The van der Waals surface area contributed by atoms with Gasteiger partial charge in [-0.3, -0.25) is 9.59 Å². The fourth-order valence-corrected chi connectivity index (χ4v) is 5.58. The molecule has 33 heavy (non-hydrogen) atoms. The van der Waals surface area contributed by atoms with Gasteiger partial charge >= 0.3 is 5.97 Å². The minimum atomic E-state index is -0.864. The van der Waals surface area contributed by atoms with Crippen molar-refractivity contribution in [3.8, 4) is 11.1 Å². The van der Waals surface area contributed by atoms with Gasteiger partial charge in [-0.25, -0.2) is 4.98 Å². The fraction of sp³-hybridized carbons (Fsp3) is 0.222. The standard InChI is InChI=1S/C27H24N2O3S/c1-16-4-2-7-23-24(16)29-27(33-23)28-20-14-12-18(13-15-20)17-8-10-19(11-9-17)25(30)21-5-3-6-22(21)26(31)32/h2,4,7-15,21-22H,3,5-6H2,1H3,(H,28,29)(H,31,32)/t21-,22-/m1/s1. The molecular weight excluding hydrogens is 432 g/mol. The van der Waals surface area contributed by atoms with Gasteiger partial charge in [-0.1, -0.05) is 66.3 Å². The third kappa shape index (κ3) is 4.26. The summed E-state index contributed by atoms with van der Waals surface area (Å²) in [7, 11) is 0. The molecule has 6 heteroatoms. The van der Waals surface area contributed by atoms with E-state index in [4.69, 9.17) is 4.98 Å². The van der Waals surface area contributed by atoms with Crippen LogP contribution < -0.4 is 5.32 Å². The topological polar surface area (TPSA) is 79.3 Å². The lowest BCUT2D eigenvalue weighted by molar-refractivity contribution is -0.142. The summed E-state index contributed by atoms with van der Waals surface area (Å²) < 4.78 is 1.16. The molecule has 3 aromatic carbocycles. The van der Waals surface area contributed by atoms with Crippen molar-refractivity contribution >= 4 is 44.1 Å². The van der Waals surface area contributed by atoms with Crippen LogP contribution in [0.15, 0.2) is 66.7 Å². The highest BCUT2D eigenvalue weighted by molar-refractivity contribution is 7.22. The van der Waals surface area contributed by atoms with Crippen molar-refractivity contribution in [2.75, 3.05) is 5.32 Å². The number of hydrogen-bond acceptors (Lipinski definition) is 5. The van der Waals surface area contributed by atoms with Gasteiger partial charge in [0, 0.05) is 17.2 Å². The Morgan fingerprint density at radius 1 is 0.939 bits per heavy atom. The number of benzene rings is 3. The van der Waals surface area contributed by atoms with Crippen LogP contribution in [0.4, 0.5) is 10.8 Å². The van der Waals surface area contributed by atoms with E-state index in [-0.39, 0.29) is 5.78 Å². The van der Waals surface area contributed by atoms with Gasteiger partial charge < -0.3 is 10.4 Å². The molecule has 1 saturated carbocycles. The molecule has 2 N–H and O–H groups in total. The molecule has 0 aliphatic heterocycles. The molecule has 1 aliphatic rings. The van der Waals surface area contributed by atoms with E-state index < -0.39 is 17.8 Å². The number of rotatable bonds is 6. The number of carbonyl (C=O) groups is 2. The number of anilines is 2. The van der Waals surface area contributed by atoms with Crippen LogP contribution >= 0.6 is 11.3 Å². The summed E-state index contributed by atoms with van der Waals surface area (Å²) >= 11 is 1.63. The normalized spacial score (nSPS) is 17.8. The molecule has 0 bridgehead atoms. The Morgan fingerprint density at radius 2 is 1.61 bits per heavy atom. The van der Waals surface area contributed by atoms with Crippen LogP contribution in [0.5, 0.6) is 0 Å². The van der Waals surface area contributed by atoms with Gasteiger partial charge in [0.05, 0.1) is 16.1 Å². The van der Waals surface area contributed by atoms with E-state index >= 15 is 0 Å². The number of aryl methyl sites for hydroxylation is 1. The average molecular weight is 457 g/mol. The Morgan fingerprint density at radius 3 is 2.27 bits per heavy atom. The van der Waals surface area contributed by atoms with Gasteiger partial charge in [-0.2, -0.15) is 0 Å². The van der Waals surface area contributed by atoms with Gasteiger partial charge in [0.2, 0.25) is 0 Å². The number of ketones is 1. The van der Waals surface area contributed by atoms with Gasteiger partial charge in [-0.05, 0) is 54.7 Å². The lowest BCUT2D eigenvalue weighted by atomic mass is 9.88. The van der Waals surface area contributed by atoms with Crippen LogP contribution in [-0.4, -0.2) is 21.8 Å². The van der Waals surface area contributed by atoms with Crippen LogP contribution in [0, 0.1) is 18.8 Å². The highest BCUT2D eigenvalue weighted by atomic mass is 32.1. The molecule has 166 valence electrons. The van der Waals surface area contributed by atoms with E-state index in [1.165, 1.54) is 5.56 Å². The fourth-order valence-electron chi connectivity index (χ4n) is 4.62. The number of carbonyl (C=O) groups excluding carboxylic acids is 1. The number of Topliss-reactive ketones (excluding diaryl/α,β-unsaturated/α-hetero) is 1. The first-order chi connectivity index (χ1) is 16.0. The van der Waals surface area contributed by atoms with E-state index in [1.807, 2.05) is 54.6 Å². The van der Waals surface area contributed by atoms with Crippen LogP contribution in [0.3, 0.4) is 0 Å². The number of thiazole rings is 1. The number of hydrogen-bond donors (Lipinski definition) is 2. The minimum absolute atomic E-state index is 0.0583. The number of fused-ring (bicyclic) bond motifs is 1. The van der Waals surface area contributed by atoms with E-state index in [1.54, 1.807) is 11.3 Å². The van der Waals surface area contributed by atoms with E-state index in [9.17, 15) is 14.7 Å². The number of carboxylic acid groups (broad SMARTS) is 1. The Kier molecular flexibility index (Phi) is 5.68. The second-order valence-electron chi connectivity index (χ2n) is 8.57. The third-order valence-corrected chi connectivity index (χ3v) is 7.37. The van der Waals surface area contributed by atoms with E-state index in [0.717, 1.165) is 38.6 Å². The highest BCUT2D eigenvalue weighted by Crippen LogP contribution is 2.35. The summed E-state index contributed by atoms with van der Waals surface area (Å²) in [6, 6.07) is 21.8. The zero-order valence-corrected chi connectivity index (χ0v) is 19.1. The summed E-state index contributed by atoms with van der Waals surface area (Å²) in [5, 5.41) is 13.6. The summed E-state index contributed by atoms with van der Waals surface area (Å²) in [5.41, 5.74) is 5.80. The number of aromatic nitrogens is 1. The molecule has 4 aromatic rings. The number of para-hydroxylation sites is 1. The van der Waals surface area contributed by atoms with Crippen molar-refractivity contribution < 1.29 is 14.7 Å². The predicted octanol–water partition coefficient (Wildman–Crippen LogP) is 6.70. The quantitative estimate of drug-likeness (QED) is 0.316. The van der Waals surface area contributed by atoms with Crippen molar-refractivity contribution in [1.29, 1.82) is 0 Å². The number of aliphatic carboxylic acids is 1. The van der Waals surface area contributed by atoms with Gasteiger partial charge in [0.1, 0.15) is 0 Å². The first-order valence-electron chi connectivity index (χ1n) is 11.1. The van der Waals surface area contributed by atoms with Crippen molar-refractivity contribution in [2.45, 2.75) is 26.2 Å². The Balaban J connectivity index is 1.29. The largest absolute Gasteiger partial charge is 0.481 e. The SMILES string of the molecule is Cc1cccc2sc(Nc3ccc(-c4ccc(C(=O)[C@@H]5CCC[C@H]5C(=O)O)cc4)cc3)nc12. The molecule has 0 radical (unpaired) electrons. The molecule has 5 rings (SSSR count). The molecule has 0 saturated heterocycles. The Hall–Kier alpha value is -3.51. The molecule has 1 aliphatic carbocycles. The highest BCUT2D eigenvalue weighted by Gasteiger charge is 2.37. The van der Waals surface area contributed by atoms with Crippen molar-refractivity contribution in [3.63, 3.8) is 0 Å². The maximum absolute atomic E-state index is 12.8. The molecule has 2 atom stereocenters. The summed E-state index contributed by atoms with van der Waals surface area (Å²) in [6.45, 7) is 2.07. The molecule has 0 spiro atoms. The first-order valence-corrected chi connectivity index (χ1v) is 11.9. The lowest BCUT2D eigenvalue weighted by Gasteiger charge is -2.14. The van der Waals surface area contributed by atoms with E-state index in [0.29, 0.717) is 18.4 Å². The second kappa shape index (κ2) is 8.79. The van der Waals surface area contributed by atoms with Crippen LogP contribution in [0.1, 0.15) is 35.2 Å². The minimum Gasteiger partial charge on any atom is -0.481 e.